The van der Waals surface area contributed by atoms with Crippen molar-refractivity contribution in [1.29, 1.82) is 0 Å². The molecule has 7 heteroatoms. The highest BCUT2D eigenvalue weighted by molar-refractivity contribution is 7.80. The Hall–Kier alpha value is -2.93. The van der Waals surface area contributed by atoms with E-state index in [1.165, 1.54) is 0 Å². The average molecular weight is 400 g/mol. The number of hydrogen-bond acceptors (Lipinski definition) is 4. The molecule has 0 aliphatic rings. The minimum absolute atomic E-state index is 0.0109. The third-order valence-corrected chi connectivity index (χ3v) is 3.93. The van der Waals surface area contributed by atoms with E-state index in [0.29, 0.717) is 36.7 Å². The van der Waals surface area contributed by atoms with Crippen LogP contribution in [0, 0.1) is 5.92 Å². The minimum Gasteiger partial charge on any atom is -0.492 e. The summed E-state index contributed by atoms with van der Waals surface area (Å²) >= 11 is 5.08. The number of benzene rings is 2. The van der Waals surface area contributed by atoms with Crippen molar-refractivity contribution in [3.05, 3.63) is 65.7 Å². The number of nitrogens with one attached hydrogen (secondary N) is 3. The zero-order chi connectivity index (χ0) is 20.4. The predicted molar refractivity (Wildman–Crippen MR) is 113 cm³/mol. The first-order valence-electron chi connectivity index (χ1n) is 9.11. The van der Waals surface area contributed by atoms with E-state index in [1.54, 1.807) is 24.3 Å². The quantitative estimate of drug-likeness (QED) is 0.493. The first-order valence-corrected chi connectivity index (χ1v) is 9.52. The van der Waals surface area contributed by atoms with Crippen molar-refractivity contribution in [3.63, 3.8) is 0 Å². The van der Waals surface area contributed by atoms with Crippen molar-refractivity contribution >= 4 is 29.1 Å². The second kappa shape index (κ2) is 11.0. The third kappa shape index (κ3) is 7.36. The molecule has 148 valence electrons. The van der Waals surface area contributed by atoms with Gasteiger partial charge in [-0.15, -0.1) is 0 Å². The van der Waals surface area contributed by atoms with Gasteiger partial charge in [-0.1, -0.05) is 56.3 Å². The number of para-hydroxylation sites is 1. The van der Waals surface area contributed by atoms with Gasteiger partial charge in [-0.05, 0) is 42.3 Å². The zero-order valence-corrected chi connectivity index (χ0v) is 16.8. The molecule has 0 radical (unpaired) electrons. The van der Waals surface area contributed by atoms with E-state index in [-0.39, 0.29) is 11.0 Å². The van der Waals surface area contributed by atoms with E-state index in [0.717, 1.165) is 5.56 Å². The van der Waals surface area contributed by atoms with Gasteiger partial charge in [0.05, 0.1) is 12.2 Å². The molecule has 0 fully saturated rings. The second-order valence-electron chi connectivity index (χ2n) is 6.64. The molecule has 0 bridgehead atoms. The molecule has 0 atom stereocenters. The van der Waals surface area contributed by atoms with Gasteiger partial charge < -0.3 is 4.74 Å². The second-order valence-corrected chi connectivity index (χ2v) is 7.05. The van der Waals surface area contributed by atoms with Crippen molar-refractivity contribution in [1.82, 2.24) is 16.2 Å². The fourth-order valence-electron chi connectivity index (χ4n) is 2.33. The molecule has 0 saturated carbocycles. The highest BCUT2D eigenvalue weighted by atomic mass is 32.1. The van der Waals surface area contributed by atoms with E-state index in [9.17, 15) is 9.59 Å². The zero-order valence-electron chi connectivity index (χ0n) is 16.0. The molecule has 0 aliphatic carbocycles. The molecule has 0 unspecified atom stereocenters. The van der Waals surface area contributed by atoms with Crippen molar-refractivity contribution in [2.45, 2.75) is 26.7 Å². The Morgan fingerprint density at radius 2 is 1.68 bits per heavy atom. The molecule has 28 heavy (non-hydrogen) atoms. The predicted octanol–water partition coefficient (Wildman–Crippen LogP) is 2.99. The van der Waals surface area contributed by atoms with Crippen LogP contribution in [-0.4, -0.2) is 23.5 Å². The van der Waals surface area contributed by atoms with E-state index in [2.05, 4.69) is 16.2 Å². The smallest absolute Gasteiger partial charge is 0.261 e. The van der Waals surface area contributed by atoms with Gasteiger partial charge in [-0.3, -0.25) is 25.8 Å². The number of hydrogen-bond donors (Lipinski definition) is 3. The SMILES string of the molecule is CC(C)COc1ccccc1C(=O)NC(=S)NNC(=O)CCc1ccccc1. The maximum absolute atomic E-state index is 12.4. The lowest BCUT2D eigenvalue weighted by atomic mass is 10.1. The Kier molecular flexibility index (Phi) is 8.42. The normalized spacial score (nSPS) is 10.2. The van der Waals surface area contributed by atoms with Crippen LogP contribution in [0.15, 0.2) is 54.6 Å². The molecule has 2 aromatic carbocycles. The molecule has 2 aromatic rings. The topological polar surface area (TPSA) is 79.5 Å². The number of rotatable bonds is 7. The maximum Gasteiger partial charge on any atom is 0.261 e. The first kappa shape index (κ1) is 21.4. The van der Waals surface area contributed by atoms with Crippen molar-refractivity contribution in [2.24, 2.45) is 5.92 Å². The summed E-state index contributed by atoms with van der Waals surface area (Å²) in [7, 11) is 0. The summed E-state index contributed by atoms with van der Waals surface area (Å²) in [5.74, 6) is 0.199. The highest BCUT2D eigenvalue weighted by Gasteiger charge is 2.14. The van der Waals surface area contributed by atoms with Crippen LogP contribution >= 0.6 is 12.2 Å². The van der Waals surface area contributed by atoms with Crippen LogP contribution < -0.4 is 20.9 Å². The Labute approximate surface area is 170 Å². The summed E-state index contributed by atoms with van der Waals surface area (Å²) in [6, 6.07) is 16.7. The average Bonchev–Trinajstić information content (AvgIpc) is 2.70. The summed E-state index contributed by atoms with van der Waals surface area (Å²) in [6.07, 6.45) is 0.924. The highest BCUT2D eigenvalue weighted by Crippen LogP contribution is 2.18. The van der Waals surface area contributed by atoms with Gasteiger partial charge >= 0.3 is 0 Å². The summed E-state index contributed by atoms with van der Waals surface area (Å²) in [4.78, 5) is 24.4. The molecule has 0 aliphatic heterocycles. The lowest BCUT2D eigenvalue weighted by Crippen LogP contribution is -2.48. The van der Waals surface area contributed by atoms with Gasteiger partial charge in [0.15, 0.2) is 5.11 Å². The molecule has 0 saturated heterocycles. The number of carbonyl (C=O) groups excluding carboxylic acids is 2. The lowest BCUT2D eigenvalue weighted by Gasteiger charge is -2.14. The van der Waals surface area contributed by atoms with Crippen LogP contribution in [-0.2, 0) is 11.2 Å². The van der Waals surface area contributed by atoms with Crippen LogP contribution in [0.25, 0.3) is 0 Å². The van der Waals surface area contributed by atoms with Gasteiger partial charge in [-0.25, -0.2) is 0 Å². The van der Waals surface area contributed by atoms with Gasteiger partial charge in [0, 0.05) is 6.42 Å². The van der Waals surface area contributed by atoms with Crippen LogP contribution in [0.3, 0.4) is 0 Å². The fourth-order valence-corrected chi connectivity index (χ4v) is 2.47. The number of amides is 2. The first-order chi connectivity index (χ1) is 13.5. The van der Waals surface area contributed by atoms with Crippen molar-refractivity contribution < 1.29 is 14.3 Å². The number of hydrazine groups is 1. The van der Waals surface area contributed by atoms with Crippen molar-refractivity contribution in [3.8, 4) is 5.75 Å². The Balaban J connectivity index is 1.79. The van der Waals surface area contributed by atoms with E-state index < -0.39 is 5.91 Å². The summed E-state index contributed by atoms with van der Waals surface area (Å²) in [5.41, 5.74) is 6.49. The summed E-state index contributed by atoms with van der Waals surface area (Å²) in [5, 5.41) is 2.55. The number of aryl methyl sites for hydroxylation is 1. The van der Waals surface area contributed by atoms with E-state index in [1.807, 2.05) is 44.2 Å². The van der Waals surface area contributed by atoms with Crippen LogP contribution in [0.4, 0.5) is 0 Å². The Morgan fingerprint density at radius 1 is 1.00 bits per heavy atom. The molecule has 0 aromatic heterocycles. The van der Waals surface area contributed by atoms with E-state index in [4.69, 9.17) is 17.0 Å². The number of carbonyl (C=O) groups is 2. The molecule has 0 spiro atoms. The van der Waals surface area contributed by atoms with Crippen LogP contribution in [0.2, 0.25) is 0 Å². The summed E-state index contributed by atoms with van der Waals surface area (Å²) < 4.78 is 5.68. The third-order valence-electron chi connectivity index (χ3n) is 3.73. The minimum atomic E-state index is -0.407. The molecule has 2 amide bonds. The van der Waals surface area contributed by atoms with Crippen molar-refractivity contribution in [2.75, 3.05) is 6.61 Å². The molecule has 0 heterocycles. The molecule has 2 rings (SSSR count). The molecular weight excluding hydrogens is 374 g/mol. The van der Waals surface area contributed by atoms with Crippen LogP contribution in [0.5, 0.6) is 5.75 Å². The Morgan fingerprint density at radius 3 is 2.39 bits per heavy atom. The molecule has 6 nitrogen and oxygen atoms in total. The monoisotopic (exact) mass is 399 g/mol. The van der Waals surface area contributed by atoms with Gasteiger partial charge in [0.25, 0.3) is 5.91 Å². The largest absolute Gasteiger partial charge is 0.492 e. The lowest BCUT2D eigenvalue weighted by molar-refractivity contribution is -0.121. The van der Waals surface area contributed by atoms with Gasteiger partial charge in [0.1, 0.15) is 5.75 Å². The van der Waals surface area contributed by atoms with Gasteiger partial charge in [0.2, 0.25) is 5.91 Å². The Bertz CT molecular complexity index is 810. The maximum atomic E-state index is 12.4. The van der Waals surface area contributed by atoms with Crippen LogP contribution in [0.1, 0.15) is 36.2 Å². The standard InChI is InChI=1S/C21H25N3O3S/c1-15(2)14-27-18-11-7-6-10-17(18)20(26)22-21(28)24-23-19(25)13-12-16-8-4-3-5-9-16/h3-11,15H,12-14H2,1-2H3,(H,23,25)(H2,22,24,26,28). The molecular formula is C21H25N3O3S. The number of thiocarbonyl (C=S) groups is 1. The molecule has 3 N–H and O–H groups in total. The fraction of sp³-hybridized carbons (Fsp3) is 0.286. The summed E-state index contributed by atoms with van der Waals surface area (Å²) in [6.45, 7) is 4.56. The number of ether oxygens (including phenoxy) is 1. The van der Waals surface area contributed by atoms with Gasteiger partial charge in [-0.2, -0.15) is 0 Å². The van der Waals surface area contributed by atoms with E-state index >= 15 is 0 Å².